The van der Waals surface area contributed by atoms with Crippen molar-refractivity contribution in [2.45, 2.75) is 25.3 Å². The zero-order valence-electron chi connectivity index (χ0n) is 12.3. The lowest BCUT2D eigenvalue weighted by Crippen LogP contribution is -2.36. The first-order valence-corrected chi connectivity index (χ1v) is 7.48. The topological polar surface area (TPSA) is 74.7 Å². The van der Waals surface area contributed by atoms with Crippen molar-refractivity contribution < 1.29 is 23.9 Å². The Morgan fingerprint density at radius 3 is 2.13 bits per heavy atom. The summed E-state index contributed by atoms with van der Waals surface area (Å²) in [6.45, 7) is 0. The minimum Gasteiger partial charge on any atom is -0.481 e. The van der Waals surface area contributed by atoms with E-state index in [0.29, 0.717) is 18.4 Å². The van der Waals surface area contributed by atoms with Crippen molar-refractivity contribution in [1.82, 2.24) is 4.90 Å². The fourth-order valence-corrected chi connectivity index (χ4v) is 3.34. The SMILES string of the molecule is O=C(O)C[C@H](c1ccc(F)cc1)N1C(=O)[C@H]2CC=CC[C@H]2C1=O. The molecule has 6 heteroatoms. The predicted molar refractivity (Wildman–Crippen MR) is 78.6 cm³/mol. The van der Waals surface area contributed by atoms with Crippen molar-refractivity contribution in [3.05, 3.63) is 47.8 Å². The van der Waals surface area contributed by atoms with E-state index in [1.54, 1.807) is 0 Å². The Hall–Kier alpha value is -2.50. The van der Waals surface area contributed by atoms with Gasteiger partial charge in [-0.3, -0.25) is 19.3 Å². The number of carboxylic acids is 1. The van der Waals surface area contributed by atoms with Gasteiger partial charge in [0, 0.05) is 0 Å². The highest BCUT2D eigenvalue weighted by Gasteiger charge is 2.50. The van der Waals surface area contributed by atoms with E-state index < -0.39 is 36.1 Å². The smallest absolute Gasteiger partial charge is 0.305 e. The fourth-order valence-electron chi connectivity index (χ4n) is 3.34. The molecule has 1 aromatic rings. The van der Waals surface area contributed by atoms with Gasteiger partial charge in [-0.2, -0.15) is 0 Å². The molecule has 1 saturated heterocycles. The Kier molecular flexibility index (Phi) is 3.98. The molecule has 1 aliphatic carbocycles. The maximum atomic E-state index is 13.1. The first-order chi connectivity index (χ1) is 11.0. The third-order valence-corrected chi connectivity index (χ3v) is 4.48. The molecule has 1 aliphatic heterocycles. The number of hydrogen-bond donors (Lipinski definition) is 1. The summed E-state index contributed by atoms with van der Waals surface area (Å²) < 4.78 is 13.1. The van der Waals surface area contributed by atoms with E-state index in [2.05, 4.69) is 0 Å². The van der Waals surface area contributed by atoms with Gasteiger partial charge in [-0.25, -0.2) is 4.39 Å². The lowest BCUT2D eigenvalue weighted by atomic mass is 9.85. The van der Waals surface area contributed by atoms with Crippen molar-refractivity contribution in [2.75, 3.05) is 0 Å². The van der Waals surface area contributed by atoms with Gasteiger partial charge in [0.1, 0.15) is 5.82 Å². The number of aliphatic carboxylic acids is 1. The van der Waals surface area contributed by atoms with Crippen molar-refractivity contribution in [1.29, 1.82) is 0 Å². The third-order valence-electron chi connectivity index (χ3n) is 4.48. The molecule has 1 fully saturated rings. The number of carbonyl (C=O) groups excluding carboxylic acids is 2. The van der Waals surface area contributed by atoms with E-state index in [1.807, 2.05) is 12.2 Å². The summed E-state index contributed by atoms with van der Waals surface area (Å²) in [5.41, 5.74) is 0.446. The van der Waals surface area contributed by atoms with Gasteiger partial charge in [-0.1, -0.05) is 24.3 Å². The van der Waals surface area contributed by atoms with Crippen LogP contribution in [0, 0.1) is 17.7 Å². The highest BCUT2D eigenvalue weighted by atomic mass is 19.1. The Morgan fingerprint density at radius 1 is 1.13 bits per heavy atom. The van der Waals surface area contributed by atoms with Crippen LogP contribution >= 0.6 is 0 Å². The first kappa shape index (κ1) is 15.4. The molecule has 0 aromatic heterocycles. The number of fused-ring (bicyclic) bond motifs is 1. The minimum atomic E-state index is -1.12. The molecule has 0 radical (unpaired) electrons. The second-order valence-corrected chi connectivity index (χ2v) is 5.87. The molecule has 0 spiro atoms. The minimum absolute atomic E-state index is 0.333. The second-order valence-electron chi connectivity index (χ2n) is 5.87. The zero-order valence-corrected chi connectivity index (χ0v) is 12.3. The van der Waals surface area contributed by atoms with Gasteiger partial charge in [0.15, 0.2) is 0 Å². The second kappa shape index (κ2) is 5.95. The molecule has 1 heterocycles. The van der Waals surface area contributed by atoms with E-state index in [9.17, 15) is 18.8 Å². The van der Waals surface area contributed by atoms with Gasteiger partial charge in [0.05, 0.1) is 24.3 Å². The monoisotopic (exact) mass is 317 g/mol. The molecule has 2 aliphatic rings. The van der Waals surface area contributed by atoms with Crippen LogP contribution in [0.3, 0.4) is 0 Å². The summed E-state index contributed by atoms with van der Waals surface area (Å²) in [4.78, 5) is 37.5. The number of hydrogen-bond acceptors (Lipinski definition) is 3. The average molecular weight is 317 g/mol. The molecular weight excluding hydrogens is 301 g/mol. The number of nitrogens with zero attached hydrogens (tertiary/aromatic N) is 1. The van der Waals surface area contributed by atoms with E-state index in [1.165, 1.54) is 24.3 Å². The van der Waals surface area contributed by atoms with Crippen molar-refractivity contribution >= 4 is 17.8 Å². The van der Waals surface area contributed by atoms with Gasteiger partial charge < -0.3 is 5.11 Å². The average Bonchev–Trinajstić information content (AvgIpc) is 2.78. The summed E-state index contributed by atoms with van der Waals surface area (Å²) >= 11 is 0. The Bertz CT molecular complexity index is 656. The van der Waals surface area contributed by atoms with E-state index in [0.717, 1.165) is 4.90 Å². The number of halogens is 1. The van der Waals surface area contributed by atoms with Gasteiger partial charge in [-0.15, -0.1) is 0 Å². The molecule has 120 valence electrons. The predicted octanol–water partition coefficient (Wildman–Crippen LogP) is 2.29. The molecule has 1 aromatic carbocycles. The third kappa shape index (κ3) is 2.76. The normalized spacial score (nSPS) is 24.7. The highest BCUT2D eigenvalue weighted by molar-refractivity contribution is 6.06. The van der Waals surface area contributed by atoms with Crippen LogP contribution < -0.4 is 0 Å². The van der Waals surface area contributed by atoms with Crippen LogP contribution in [0.1, 0.15) is 30.9 Å². The molecule has 0 bridgehead atoms. The molecule has 1 N–H and O–H groups in total. The van der Waals surface area contributed by atoms with Gasteiger partial charge in [0.2, 0.25) is 11.8 Å². The highest BCUT2D eigenvalue weighted by Crippen LogP contribution is 2.40. The molecular formula is C17H16FNO4. The lowest BCUT2D eigenvalue weighted by Gasteiger charge is -2.26. The fraction of sp³-hybridized carbons (Fsp3) is 0.353. The molecule has 0 unspecified atom stereocenters. The maximum Gasteiger partial charge on any atom is 0.305 e. The molecule has 2 amide bonds. The lowest BCUT2D eigenvalue weighted by molar-refractivity contribution is -0.145. The summed E-state index contributed by atoms with van der Waals surface area (Å²) in [6, 6.07) is 4.33. The largest absolute Gasteiger partial charge is 0.481 e. The molecule has 0 saturated carbocycles. The van der Waals surface area contributed by atoms with E-state index >= 15 is 0 Å². The number of benzene rings is 1. The summed E-state index contributed by atoms with van der Waals surface area (Å²) in [5.74, 6) is -3.07. The van der Waals surface area contributed by atoms with Crippen LogP contribution in [-0.2, 0) is 14.4 Å². The van der Waals surface area contributed by atoms with Crippen LogP contribution in [0.25, 0.3) is 0 Å². The van der Waals surface area contributed by atoms with Gasteiger partial charge >= 0.3 is 5.97 Å². The van der Waals surface area contributed by atoms with E-state index in [4.69, 9.17) is 5.11 Å². The van der Waals surface area contributed by atoms with Crippen LogP contribution in [0.2, 0.25) is 0 Å². The van der Waals surface area contributed by atoms with Gasteiger partial charge in [0.25, 0.3) is 0 Å². The number of likely N-dealkylation sites (tertiary alicyclic amines) is 1. The van der Waals surface area contributed by atoms with Crippen LogP contribution in [-0.4, -0.2) is 27.8 Å². The Balaban J connectivity index is 1.96. The van der Waals surface area contributed by atoms with Crippen LogP contribution in [0.5, 0.6) is 0 Å². The molecule has 23 heavy (non-hydrogen) atoms. The quantitative estimate of drug-likeness (QED) is 0.683. The van der Waals surface area contributed by atoms with E-state index in [-0.39, 0.29) is 11.8 Å². The Labute approximate surface area is 132 Å². The van der Waals surface area contributed by atoms with Crippen molar-refractivity contribution in [3.63, 3.8) is 0 Å². The van der Waals surface area contributed by atoms with Crippen LogP contribution in [0.15, 0.2) is 36.4 Å². The Morgan fingerprint density at radius 2 is 1.65 bits per heavy atom. The molecule has 3 atom stereocenters. The number of imide groups is 1. The molecule has 3 rings (SSSR count). The van der Waals surface area contributed by atoms with Gasteiger partial charge in [-0.05, 0) is 30.5 Å². The summed E-state index contributed by atoms with van der Waals surface area (Å²) in [7, 11) is 0. The number of carboxylic acid groups (broad SMARTS) is 1. The maximum absolute atomic E-state index is 13.1. The molecule has 5 nitrogen and oxygen atoms in total. The van der Waals surface area contributed by atoms with Crippen LogP contribution in [0.4, 0.5) is 4.39 Å². The number of amides is 2. The number of carbonyl (C=O) groups is 3. The number of allylic oxidation sites excluding steroid dienone is 2. The number of rotatable bonds is 4. The van der Waals surface area contributed by atoms with Crippen molar-refractivity contribution in [3.8, 4) is 0 Å². The standard InChI is InChI=1S/C17H16FNO4/c18-11-7-5-10(6-8-11)14(9-15(20)21)19-16(22)12-3-1-2-4-13(12)17(19)23/h1-2,5-8,12-14H,3-4,9H2,(H,20,21)/t12-,13+,14-/m1/s1. The summed E-state index contributed by atoms with van der Waals surface area (Å²) in [5, 5.41) is 9.16. The zero-order chi connectivity index (χ0) is 16.6. The first-order valence-electron chi connectivity index (χ1n) is 7.48. The summed E-state index contributed by atoms with van der Waals surface area (Å²) in [6.07, 6.45) is 4.35. The van der Waals surface area contributed by atoms with Crippen molar-refractivity contribution in [2.24, 2.45) is 11.8 Å².